The molecule has 0 radical (unpaired) electrons. The molecule has 0 saturated carbocycles. The summed E-state index contributed by atoms with van der Waals surface area (Å²) in [5, 5.41) is 12.6. The topological polar surface area (TPSA) is 60.2 Å². The number of piperidine rings is 1. The largest absolute Gasteiger partial charge is 0.396 e. The van der Waals surface area contributed by atoms with Gasteiger partial charge >= 0.3 is 0 Å². The highest BCUT2D eigenvalue weighted by Crippen LogP contribution is 2.46. The molecular formula is C28H44N4O. The first-order chi connectivity index (χ1) is 15.7. The van der Waals surface area contributed by atoms with E-state index < -0.39 is 0 Å². The number of hydrogen-bond donors (Lipinski definition) is 2. The average molecular weight is 453 g/mol. The molecule has 5 heteroatoms. The van der Waals surface area contributed by atoms with Crippen LogP contribution in [0, 0.1) is 0 Å². The van der Waals surface area contributed by atoms with E-state index in [1.165, 1.54) is 24.0 Å². The second kappa shape index (κ2) is 11.0. The summed E-state index contributed by atoms with van der Waals surface area (Å²) < 4.78 is 0. The van der Waals surface area contributed by atoms with Crippen LogP contribution in [0.4, 0.5) is 0 Å². The summed E-state index contributed by atoms with van der Waals surface area (Å²) in [6.07, 6.45) is 8.29. The van der Waals surface area contributed by atoms with Crippen molar-refractivity contribution >= 4 is 12.1 Å². The second-order valence-corrected chi connectivity index (χ2v) is 10.9. The van der Waals surface area contributed by atoms with Gasteiger partial charge in [0.2, 0.25) is 0 Å². The van der Waals surface area contributed by atoms with Crippen LogP contribution >= 0.6 is 0 Å². The predicted molar refractivity (Wildman–Crippen MR) is 140 cm³/mol. The van der Waals surface area contributed by atoms with Crippen LogP contribution in [-0.4, -0.2) is 54.3 Å². The fourth-order valence-electron chi connectivity index (χ4n) is 5.10. The molecule has 2 aliphatic rings. The first kappa shape index (κ1) is 25.6. The minimum Gasteiger partial charge on any atom is -0.396 e. The summed E-state index contributed by atoms with van der Waals surface area (Å²) in [5.41, 5.74) is 4.31. The second-order valence-electron chi connectivity index (χ2n) is 10.9. The van der Waals surface area contributed by atoms with Gasteiger partial charge in [0.15, 0.2) is 5.84 Å². The number of benzene rings is 1. The van der Waals surface area contributed by atoms with Gasteiger partial charge in [-0.15, -0.1) is 0 Å². The number of fused-ring (bicyclic) bond motifs is 1. The molecular weight excluding hydrogens is 408 g/mol. The summed E-state index contributed by atoms with van der Waals surface area (Å²) in [7, 11) is 0. The number of aliphatic hydroxyl groups is 1. The molecule has 1 aliphatic carbocycles. The summed E-state index contributed by atoms with van der Waals surface area (Å²) >= 11 is 0. The summed E-state index contributed by atoms with van der Waals surface area (Å²) in [5.74, 6) is 1.54. The van der Waals surface area contributed by atoms with E-state index >= 15 is 0 Å². The molecule has 0 aromatic heterocycles. The van der Waals surface area contributed by atoms with Crippen LogP contribution < -0.4 is 5.32 Å². The predicted octanol–water partition coefficient (Wildman–Crippen LogP) is 5.17. The fraction of sp³-hybridized carbons (Fsp3) is 0.643. The third-order valence-corrected chi connectivity index (χ3v) is 7.48. The maximum Gasteiger partial charge on any atom is 0.161 e. The molecule has 0 atom stereocenters. The van der Waals surface area contributed by atoms with Gasteiger partial charge in [-0.1, -0.05) is 46.4 Å². The van der Waals surface area contributed by atoms with E-state index in [1.54, 1.807) is 0 Å². The molecule has 1 aromatic carbocycles. The molecule has 0 bridgehead atoms. The maximum absolute atomic E-state index is 8.93. The zero-order valence-electron chi connectivity index (χ0n) is 21.5. The highest BCUT2D eigenvalue weighted by atomic mass is 16.2. The van der Waals surface area contributed by atoms with Crippen molar-refractivity contribution in [3.8, 4) is 0 Å². The zero-order valence-corrected chi connectivity index (χ0v) is 21.5. The Labute approximate surface area is 201 Å². The van der Waals surface area contributed by atoms with Crippen molar-refractivity contribution in [1.29, 1.82) is 0 Å². The highest BCUT2D eigenvalue weighted by molar-refractivity contribution is 6.03. The van der Waals surface area contributed by atoms with Crippen LogP contribution in [0.5, 0.6) is 0 Å². The van der Waals surface area contributed by atoms with Crippen LogP contribution in [0.3, 0.4) is 0 Å². The number of likely N-dealkylation sites (tertiary alicyclic amines) is 1. The van der Waals surface area contributed by atoms with E-state index in [-0.39, 0.29) is 17.4 Å². The number of aliphatic imine (C=N–C) groups is 2. The molecule has 5 nitrogen and oxygen atoms in total. The van der Waals surface area contributed by atoms with Crippen molar-refractivity contribution in [3.05, 3.63) is 47.3 Å². The number of hydrogen-bond acceptors (Lipinski definition) is 4. The van der Waals surface area contributed by atoms with E-state index in [2.05, 4.69) is 67.7 Å². The van der Waals surface area contributed by atoms with E-state index in [9.17, 15) is 0 Å². The van der Waals surface area contributed by atoms with Crippen LogP contribution in [0.15, 0.2) is 40.6 Å². The van der Waals surface area contributed by atoms with Crippen molar-refractivity contribution in [2.45, 2.75) is 90.0 Å². The third-order valence-electron chi connectivity index (χ3n) is 7.48. The Hall–Kier alpha value is -1.98. The molecule has 2 N–H and O–H groups in total. The summed E-state index contributed by atoms with van der Waals surface area (Å²) in [4.78, 5) is 11.8. The Bertz CT molecular complexity index is 876. The summed E-state index contributed by atoms with van der Waals surface area (Å²) in [6, 6.07) is 7.33. The van der Waals surface area contributed by atoms with E-state index in [1.807, 2.05) is 13.1 Å². The number of amidine groups is 1. The van der Waals surface area contributed by atoms with Gasteiger partial charge in [0, 0.05) is 37.5 Å². The van der Waals surface area contributed by atoms with Gasteiger partial charge in [-0.2, -0.15) is 0 Å². The Morgan fingerprint density at radius 1 is 1.12 bits per heavy atom. The Morgan fingerprint density at radius 2 is 1.79 bits per heavy atom. The van der Waals surface area contributed by atoms with Gasteiger partial charge in [0.05, 0.1) is 0 Å². The molecule has 182 valence electrons. The van der Waals surface area contributed by atoms with Gasteiger partial charge < -0.3 is 15.3 Å². The molecule has 1 fully saturated rings. The van der Waals surface area contributed by atoms with Gasteiger partial charge in [-0.05, 0) is 80.0 Å². The maximum atomic E-state index is 8.93. The molecule has 0 unspecified atom stereocenters. The van der Waals surface area contributed by atoms with Gasteiger partial charge in [-0.3, -0.25) is 0 Å². The molecule has 0 amide bonds. The van der Waals surface area contributed by atoms with Crippen LogP contribution in [0.2, 0.25) is 0 Å². The number of aliphatic hydroxyl groups excluding tert-OH is 1. The normalized spacial score (nSPS) is 20.8. The van der Waals surface area contributed by atoms with Crippen molar-refractivity contribution in [2.75, 3.05) is 26.2 Å². The zero-order chi connectivity index (χ0) is 24.1. The fourth-order valence-corrected chi connectivity index (χ4v) is 5.10. The van der Waals surface area contributed by atoms with Crippen molar-refractivity contribution in [2.24, 2.45) is 9.98 Å². The number of unbranched alkanes of at least 4 members (excludes halogenated alkanes) is 1. The molecule has 0 spiro atoms. The average Bonchev–Trinajstić information content (AvgIpc) is 2.80. The lowest BCUT2D eigenvalue weighted by atomic mass is 9.63. The smallest absolute Gasteiger partial charge is 0.161 e. The quantitative estimate of drug-likeness (QED) is 0.325. The van der Waals surface area contributed by atoms with E-state index in [0.717, 1.165) is 62.5 Å². The lowest BCUT2D eigenvalue weighted by molar-refractivity contribution is 0.237. The summed E-state index contributed by atoms with van der Waals surface area (Å²) in [6.45, 7) is 18.8. The van der Waals surface area contributed by atoms with E-state index in [4.69, 9.17) is 10.1 Å². The van der Waals surface area contributed by atoms with Crippen LogP contribution in [0.25, 0.3) is 0 Å². The monoisotopic (exact) mass is 452 g/mol. The molecule has 1 saturated heterocycles. The standard InChI is InChI=1S/C28H44N4O/c1-7-29-26(22-10-11-24-25(20-22)28(5,6)15-14-27(24,3)4)31-21(2)32-17-12-23(13-18-32)30-16-8-9-19-33/h7,10-11,20,23,30,33H,2,8-9,12-19H2,1,3-6H3/b29-7?,31-26-. The molecule has 1 aromatic rings. The lowest BCUT2D eigenvalue weighted by Crippen LogP contribution is -2.42. The van der Waals surface area contributed by atoms with Crippen molar-refractivity contribution in [3.63, 3.8) is 0 Å². The molecule has 1 heterocycles. The van der Waals surface area contributed by atoms with Crippen molar-refractivity contribution in [1.82, 2.24) is 10.2 Å². The lowest BCUT2D eigenvalue weighted by Gasteiger charge is -2.42. The number of rotatable bonds is 8. The van der Waals surface area contributed by atoms with Gasteiger partial charge in [-0.25, -0.2) is 9.98 Å². The third kappa shape index (κ3) is 6.33. The number of nitrogens with zero attached hydrogens (tertiary/aromatic N) is 3. The first-order valence-corrected chi connectivity index (χ1v) is 12.7. The molecule has 33 heavy (non-hydrogen) atoms. The minimum atomic E-state index is 0.158. The Morgan fingerprint density at radius 3 is 2.42 bits per heavy atom. The first-order valence-electron chi connectivity index (χ1n) is 12.7. The van der Waals surface area contributed by atoms with E-state index in [0.29, 0.717) is 6.04 Å². The SMILES string of the molecule is C=C(/N=C(\N=CC)c1ccc2c(c1)C(C)(C)CCC2(C)C)N1CCC(NCCCCO)CC1. The molecule has 1 aliphatic heterocycles. The minimum absolute atomic E-state index is 0.158. The highest BCUT2D eigenvalue weighted by Gasteiger charge is 2.37. The van der Waals surface area contributed by atoms with Crippen molar-refractivity contribution < 1.29 is 5.11 Å². The number of nitrogens with one attached hydrogen (secondary N) is 1. The van der Waals surface area contributed by atoms with Gasteiger partial charge in [0.1, 0.15) is 5.82 Å². The van der Waals surface area contributed by atoms with Gasteiger partial charge in [0.25, 0.3) is 0 Å². The van der Waals surface area contributed by atoms with Crippen LogP contribution in [0.1, 0.15) is 89.8 Å². The Kier molecular flexibility index (Phi) is 8.52. The molecule has 3 rings (SSSR count). The van der Waals surface area contributed by atoms with Crippen LogP contribution in [-0.2, 0) is 10.8 Å². The Balaban J connectivity index is 1.73.